The highest BCUT2D eigenvalue weighted by atomic mass is 32.1. The Labute approximate surface area is 169 Å². The maximum atomic E-state index is 5.52. The van der Waals surface area contributed by atoms with E-state index in [4.69, 9.17) is 12.2 Å². The highest BCUT2D eigenvalue weighted by molar-refractivity contribution is 7.80. The molecule has 2 atom stereocenters. The van der Waals surface area contributed by atoms with Crippen molar-refractivity contribution >= 4 is 28.7 Å². The first kappa shape index (κ1) is 19.7. The third-order valence-corrected chi connectivity index (χ3v) is 5.61. The Balaban J connectivity index is 1.58. The first-order valence-corrected chi connectivity index (χ1v) is 10.3. The molecule has 0 spiro atoms. The zero-order valence-corrected chi connectivity index (χ0v) is 17.7. The number of hydrogen-bond acceptors (Lipinski definition) is 2. The summed E-state index contributed by atoms with van der Waals surface area (Å²) in [6.45, 7) is 11.0. The number of aryl methyl sites for hydroxylation is 2. The lowest BCUT2D eigenvalue weighted by molar-refractivity contribution is 0.447. The van der Waals surface area contributed by atoms with Gasteiger partial charge >= 0.3 is 0 Å². The first-order chi connectivity index (χ1) is 12.9. The molecule has 3 nitrogen and oxygen atoms in total. The summed E-state index contributed by atoms with van der Waals surface area (Å²) in [7, 11) is 0. The van der Waals surface area contributed by atoms with Crippen LogP contribution in [0.1, 0.15) is 49.4 Å². The van der Waals surface area contributed by atoms with Crippen molar-refractivity contribution in [3.05, 3.63) is 59.2 Å². The summed E-state index contributed by atoms with van der Waals surface area (Å²) in [5.41, 5.74) is 6.09. The Bertz CT molecular complexity index is 785. The van der Waals surface area contributed by atoms with Crippen molar-refractivity contribution in [3.8, 4) is 0 Å². The molecule has 0 radical (unpaired) electrons. The van der Waals surface area contributed by atoms with Crippen molar-refractivity contribution in [1.82, 2.24) is 5.32 Å². The molecule has 0 bridgehead atoms. The number of anilines is 2. The molecule has 0 aliphatic carbocycles. The average molecular weight is 382 g/mol. The lowest BCUT2D eigenvalue weighted by atomic mass is 9.99. The third-order valence-electron chi connectivity index (χ3n) is 5.39. The van der Waals surface area contributed by atoms with Crippen molar-refractivity contribution in [3.63, 3.8) is 0 Å². The van der Waals surface area contributed by atoms with Crippen LogP contribution in [-0.2, 0) is 0 Å². The van der Waals surface area contributed by atoms with Gasteiger partial charge in [0.2, 0.25) is 0 Å². The minimum Gasteiger partial charge on any atom is -0.371 e. The molecule has 27 heavy (non-hydrogen) atoms. The van der Waals surface area contributed by atoms with Gasteiger partial charge in [0.05, 0.1) is 6.04 Å². The van der Waals surface area contributed by atoms with Crippen molar-refractivity contribution in [2.75, 3.05) is 23.3 Å². The summed E-state index contributed by atoms with van der Waals surface area (Å²) >= 11 is 5.52. The van der Waals surface area contributed by atoms with E-state index < -0.39 is 0 Å². The largest absolute Gasteiger partial charge is 0.371 e. The molecule has 144 valence electrons. The van der Waals surface area contributed by atoms with Gasteiger partial charge in [0, 0.05) is 24.5 Å². The van der Waals surface area contributed by atoms with Crippen LogP contribution in [0.4, 0.5) is 11.4 Å². The highest BCUT2D eigenvalue weighted by Crippen LogP contribution is 2.25. The third kappa shape index (κ3) is 5.23. The molecule has 2 N–H and O–H groups in total. The summed E-state index contributed by atoms with van der Waals surface area (Å²) in [6, 6.07) is 15.4. The fourth-order valence-corrected chi connectivity index (χ4v) is 4.08. The Hall–Kier alpha value is -2.07. The van der Waals surface area contributed by atoms with Gasteiger partial charge in [0.15, 0.2) is 5.11 Å². The van der Waals surface area contributed by atoms with Gasteiger partial charge in [0.25, 0.3) is 0 Å². The average Bonchev–Trinajstić information content (AvgIpc) is 2.64. The molecule has 0 unspecified atom stereocenters. The molecule has 2 aromatic rings. The fourth-order valence-electron chi connectivity index (χ4n) is 3.79. The Kier molecular flexibility index (Phi) is 6.38. The van der Waals surface area contributed by atoms with Crippen LogP contribution < -0.4 is 15.5 Å². The maximum absolute atomic E-state index is 5.52. The maximum Gasteiger partial charge on any atom is 0.171 e. The van der Waals surface area contributed by atoms with E-state index >= 15 is 0 Å². The molecular formula is C23H31N3S. The van der Waals surface area contributed by atoms with Crippen molar-refractivity contribution in [1.29, 1.82) is 0 Å². The first-order valence-electron chi connectivity index (χ1n) is 9.92. The van der Waals surface area contributed by atoms with Crippen LogP contribution in [0.3, 0.4) is 0 Å². The number of nitrogens with one attached hydrogen (secondary N) is 2. The summed E-state index contributed by atoms with van der Waals surface area (Å²) in [5, 5.41) is 7.37. The van der Waals surface area contributed by atoms with Crippen LogP contribution in [-0.4, -0.2) is 18.2 Å². The number of nitrogens with zero attached hydrogens (tertiary/aromatic N) is 1. The van der Waals surface area contributed by atoms with Gasteiger partial charge in [-0.3, -0.25) is 0 Å². The van der Waals surface area contributed by atoms with Crippen LogP contribution in [0, 0.1) is 19.8 Å². The topological polar surface area (TPSA) is 27.3 Å². The zero-order valence-electron chi connectivity index (χ0n) is 16.9. The highest BCUT2D eigenvalue weighted by Gasteiger charge is 2.17. The molecule has 1 saturated heterocycles. The quantitative estimate of drug-likeness (QED) is 0.675. The molecule has 1 heterocycles. The van der Waals surface area contributed by atoms with Gasteiger partial charge in [-0.05, 0) is 81.1 Å². The van der Waals surface area contributed by atoms with E-state index in [1.807, 2.05) is 0 Å². The van der Waals surface area contributed by atoms with E-state index in [2.05, 4.69) is 85.7 Å². The molecule has 0 saturated carbocycles. The summed E-state index contributed by atoms with van der Waals surface area (Å²) in [6.07, 6.45) is 2.64. The normalized spacial score (nSPS) is 18.1. The van der Waals surface area contributed by atoms with Crippen molar-refractivity contribution in [2.24, 2.45) is 5.92 Å². The van der Waals surface area contributed by atoms with Gasteiger partial charge in [-0.2, -0.15) is 0 Å². The monoisotopic (exact) mass is 381 g/mol. The van der Waals surface area contributed by atoms with Crippen LogP contribution >= 0.6 is 12.2 Å². The molecule has 4 heteroatoms. The zero-order chi connectivity index (χ0) is 19.4. The molecule has 1 aliphatic rings. The summed E-state index contributed by atoms with van der Waals surface area (Å²) in [4.78, 5) is 2.50. The Morgan fingerprint density at radius 1 is 1.15 bits per heavy atom. The molecule has 0 amide bonds. The molecule has 2 aromatic carbocycles. The molecule has 3 rings (SSSR count). The number of rotatable bonds is 4. The second kappa shape index (κ2) is 8.75. The lowest BCUT2D eigenvalue weighted by Crippen LogP contribution is -2.34. The lowest BCUT2D eigenvalue weighted by Gasteiger charge is -2.33. The van der Waals surface area contributed by atoms with Gasteiger partial charge in [0.1, 0.15) is 0 Å². The van der Waals surface area contributed by atoms with Gasteiger partial charge in [-0.25, -0.2) is 0 Å². The predicted molar refractivity (Wildman–Crippen MR) is 121 cm³/mol. The van der Waals surface area contributed by atoms with Crippen LogP contribution in [0.15, 0.2) is 42.5 Å². The van der Waals surface area contributed by atoms with E-state index in [0.717, 1.165) is 18.2 Å². The minimum atomic E-state index is 0.157. The van der Waals surface area contributed by atoms with Crippen LogP contribution in [0.2, 0.25) is 0 Å². The van der Waals surface area contributed by atoms with Gasteiger partial charge < -0.3 is 15.5 Å². The van der Waals surface area contributed by atoms with E-state index in [0.29, 0.717) is 5.11 Å². The summed E-state index contributed by atoms with van der Waals surface area (Å²) in [5.74, 6) is 0.785. The van der Waals surface area contributed by atoms with Gasteiger partial charge in [-0.1, -0.05) is 36.8 Å². The second-order valence-electron chi connectivity index (χ2n) is 7.92. The predicted octanol–water partition coefficient (Wildman–Crippen LogP) is 5.59. The Morgan fingerprint density at radius 3 is 2.56 bits per heavy atom. The van der Waals surface area contributed by atoms with E-state index in [1.54, 1.807) is 0 Å². The number of hydrogen-bond donors (Lipinski definition) is 2. The van der Waals surface area contributed by atoms with E-state index in [9.17, 15) is 0 Å². The van der Waals surface area contributed by atoms with Crippen LogP contribution in [0.5, 0.6) is 0 Å². The second-order valence-corrected chi connectivity index (χ2v) is 8.33. The summed E-state index contributed by atoms with van der Waals surface area (Å²) < 4.78 is 0. The molecular weight excluding hydrogens is 350 g/mol. The smallest absolute Gasteiger partial charge is 0.171 e. The van der Waals surface area contributed by atoms with E-state index in [1.165, 1.54) is 41.8 Å². The SMILES string of the molecule is Cc1ccc(NC(=S)N[C@H](C)c2ccc(N3CCC[C@@H](C)C3)cc2)c(C)c1. The fraction of sp³-hybridized carbons (Fsp3) is 0.435. The molecule has 0 aromatic heterocycles. The standard InChI is InChI=1S/C23H31N3S/c1-16-7-12-22(18(3)14-16)25-23(27)24-19(4)20-8-10-21(11-9-20)26-13-5-6-17(2)15-26/h7-12,14,17,19H,5-6,13,15H2,1-4H3,(H2,24,25,27)/t17-,19-/m1/s1. The number of thiocarbonyl (C=S) groups is 1. The van der Waals surface area contributed by atoms with Crippen molar-refractivity contribution in [2.45, 2.75) is 46.6 Å². The van der Waals surface area contributed by atoms with Crippen molar-refractivity contribution < 1.29 is 0 Å². The van der Waals surface area contributed by atoms with Crippen LogP contribution in [0.25, 0.3) is 0 Å². The van der Waals surface area contributed by atoms with E-state index in [-0.39, 0.29) is 6.04 Å². The molecule has 1 fully saturated rings. The minimum absolute atomic E-state index is 0.157. The molecule has 1 aliphatic heterocycles. The Morgan fingerprint density at radius 2 is 1.89 bits per heavy atom. The number of piperidine rings is 1. The number of benzene rings is 2. The van der Waals surface area contributed by atoms with Gasteiger partial charge in [-0.15, -0.1) is 0 Å².